The van der Waals surface area contributed by atoms with Gasteiger partial charge in [0.1, 0.15) is 5.76 Å². The van der Waals surface area contributed by atoms with Gasteiger partial charge in [-0.05, 0) is 24.3 Å². The second-order valence-corrected chi connectivity index (χ2v) is 7.71. The van der Waals surface area contributed by atoms with Crippen LogP contribution < -0.4 is 0 Å². The van der Waals surface area contributed by atoms with Gasteiger partial charge in [-0.1, -0.05) is 12.1 Å². The van der Waals surface area contributed by atoms with Gasteiger partial charge in [-0.3, -0.25) is 14.9 Å². The lowest BCUT2D eigenvalue weighted by molar-refractivity contribution is -0.387. The van der Waals surface area contributed by atoms with E-state index in [1.54, 1.807) is 18.2 Å². The number of hydrogen-bond donors (Lipinski definition) is 0. The molecule has 9 nitrogen and oxygen atoms in total. The van der Waals surface area contributed by atoms with Crippen LogP contribution in [0.25, 0.3) is 6.08 Å². The van der Waals surface area contributed by atoms with E-state index in [1.165, 1.54) is 35.4 Å². The molecule has 1 aliphatic heterocycles. The first-order valence-electron chi connectivity index (χ1n) is 8.13. The third kappa shape index (κ3) is 4.07. The van der Waals surface area contributed by atoms with E-state index in [-0.39, 0.29) is 37.0 Å². The summed E-state index contributed by atoms with van der Waals surface area (Å²) in [6.07, 6.45) is 4.40. The van der Waals surface area contributed by atoms with Crippen LogP contribution in [-0.2, 0) is 14.8 Å². The van der Waals surface area contributed by atoms with Crippen LogP contribution >= 0.6 is 0 Å². The fourth-order valence-electron chi connectivity index (χ4n) is 2.76. The maximum Gasteiger partial charge on any atom is 0.289 e. The minimum Gasteiger partial charge on any atom is -0.465 e. The molecule has 2 aromatic rings. The van der Waals surface area contributed by atoms with E-state index in [9.17, 15) is 23.3 Å². The Morgan fingerprint density at radius 3 is 2.44 bits per heavy atom. The summed E-state index contributed by atoms with van der Waals surface area (Å²) in [6.45, 7) is 0.520. The van der Waals surface area contributed by atoms with E-state index in [1.807, 2.05) is 0 Å². The molecule has 0 spiro atoms. The number of furan rings is 1. The van der Waals surface area contributed by atoms with Crippen LogP contribution in [0, 0.1) is 10.1 Å². The number of hydrogen-bond acceptors (Lipinski definition) is 6. The zero-order chi connectivity index (χ0) is 19.4. The number of amides is 1. The van der Waals surface area contributed by atoms with E-state index in [2.05, 4.69) is 0 Å². The van der Waals surface area contributed by atoms with E-state index in [0.29, 0.717) is 5.76 Å². The first-order chi connectivity index (χ1) is 12.9. The zero-order valence-electron chi connectivity index (χ0n) is 14.2. The topological polar surface area (TPSA) is 114 Å². The van der Waals surface area contributed by atoms with Crippen LogP contribution in [0.2, 0.25) is 0 Å². The molecule has 27 heavy (non-hydrogen) atoms. The summed E-state index contributed by atoms with van der Waals surface area (Å²) >= 11 is 0. The number of carbonyl (C=O) groups excluding carboxylic acids is 1. The molecular formula is C17H17N3O6S. The average molecular weight is 391 g/mol. The smallest absolute Gasteiger partial charge is 0.289 e. The van der Waals surface area contributed by atoms with Gasteiger partial charge in [0.2, 0.25) is 15.9 Å². The van der Waals surface area contributed by atoms with Gasteiger partial charge in [-0.25, -0.2) is 8.42 Å². The lowest BCUT2D eigenvalue weighted by atomic mass is 10.3. The van der Waals surface area contributed by atoms with E-state index in [0.717, 1.165) is 10.4 Å². The Bertz CT molecular complexity index is 960. The number of rotatable bonds is 5. The molecule has 0 bridgehead atoms. The number of nitro benzene ring substituents is 1. The van der Waals surface area contributed by atoms with Crippen molar-refractivity contribution >= 4 is 27.7 Å². The van der Waals surface area contributed by atoms with E-state index >= 15 is 0 Å². The fourth-order valence-corrected chi connectivity index (χ4v) is 4.34. The van der Waals surface area contributed by atoms with Gasteiger partial charge >= 0.3 is 0 Å². The van der Waals surface area contributed by atoms with E-state index in [4.69, 9.17) is 4.42 Å². The number of nitro groups is 1. The van der Waals surface area contributed by atoms with Crippen molar-refractivity contribution in [3.8, 4) is 0 Å². The SMILES string of the molecule is O=C(/C=C/c1ccco1)N1CCN(S(=O)(=O)c2ccccc2[N+](=O)[O-])CC1. The molecule has 1 fully saturated rings. The summed E-state index contributed by atoms with van der Waals surface area (Å²) in [6, 6.07) is 8.65. The molecule has 0 aliphatic carbocycles. The molecule has 0 N–H and O–H groups in total. The van der Waals surface area contributed by atoms with Crippen molar-refractivity contribution in [3.63, 3.8) is 0 Å². The highest BCUT2D eigenvalue weighted by molar-refractivity contribution is 7.89. The lowest BCUT2D eigenvalue weighted by Crippen LogP contribution is -2.50. The molecule has 1 aromatic carbocycles. The average Bonchev–Trinajstić information content (AvgIpc) is 3.20. The molecule has 1 aliphatic rings. The van der Waals surface area contributed by atoms with Crippen molar-refractivity contribution in [1.29, 1.82) is 0 Å². The minimum absolute atomic E-state index is 0.0642. The van der Waals surface area contributed by atoms with Gasteiger partial charge in [0.05, 0.1) is 11.2 Å². The summed E-state index contributed by atoms with van der Waals surface area (Å²) in [5.74, 6) is 0.287. The number of carbonyl (C=O) groups is 1. The normalized spacial score (nSPS) is 15.9. The molecule has 0 radical (unpaired) electrons. The van der Waals surface area contributed by atoms with Crippen molar-refractivity contribution in [1.82, 2.24) is 9.21 Å². The van der Waals surface area contributed by atoms with Gasteiger partial charge in [0, 0.05) is 38.3 Å². The van der Waals surface area contributed by atoms with Crippen LogP contribution in [0.5, 0.6) is 0 Å². The van der Waals surface area contributed by atoms with Crippen molar-refractivity contribution in [3.05, 3.63) is 64.6 Å². The van der Waals surface area contributed by atoms with E-state index < -0.39 is 20.6 Å². The van der Waals surface area contributed by atoms with Gasteiger partial charge in [0.15, 0.2) is 4.90 Å². The summed E-state index contributed by atoms with van der Waals surface area (Å²) in [5.41, 5.74) is -0.461. The maximum absolute atomic E-state index is 12.8. The van der Waals surface area contributed by atoms with Gasteiger partial charge in [-0.2, -0.15) is 4.31 Å². The first-order valence-corrected chi connectivity index (χ1v) is 9.57. The predicted molar refractivity (Wildman–Crippen MR) is 96.2 cm³/mol. The Morgan fingerprint density at radius 1 is 1.11 bits per heavy atom. The van der Waals surface area contributed by atoms with Crippen molar-refractivity contribution in [2.45, 2.75) is 4.90 Å². The Hall–Kier alpha value is -2.98. The highest BCUT2D eigenvalue weighted by Gasteiger charge is 2.34. The summed E-state index contributed by atoms with van der Waals surface area (Å²) < 4.78 is 31.8. The van der Waals surface area contributed by atoms with Crippen molar-refractivity contribution in [2.24, 2.45) is 0 Å². The number of nitrogens with zero attached hydrogens (tertiary/aromatic N) is 3. The minimum atomic E-state index is -4.01. The molecule has 3 rings (SSSR count). The van der Waals surface area contributed by atoms with Gasteiger partial charge in [-0.15, -0.1) is 0 Å². The predicted octanol–water partition coefficient (Wildman–Crippen LogP) is 1.73. The Balaban J connectivity index is 1.68. The first kappa shape index (κ1) is 18.8. The molecule has 0 atom stereocenters. The number of sulfonamides is 1. The quantitative estimate of drug-likeness (QED) is 0.436. The maximum atomic E-state index is 12.8. The van der Waals surface area contributed by atoms with Crippen molar-refractivity contribution < 1.29 is 22.6 Å². The molecule has 142 valence electrons. The summed E-state index contributed by atoms with van der Waals surface area (Å²) in [4.78, 5) is 23.8. The molecule has 0 unspecified atom stereocenters. The highest BCUT2D eigenvalue weighted by Crippen LogP contribution is 2.26. The van der Waals surface area contributed by atoms with Gasteiger partial charge < -0.3 is 9.32 Å². The second-order valence-electron chi connectivity index (χ2n) is 5.80. The molecule has 1 amide bonds. The third-order valence-electron chi connectivity index (χ3n) is 4.16. The van der Waals surface area contributed by atoms with Crippen LogP contribution in [0.1, 0.15) is 5.76 Å². The molecule has 0 saturated carbocycles. The number of para-hydroxylation sites is 1. The zero-order valence-corrected chi connectivity index (χ0v) is 15.0. The monoisotopic (exact) mass is 391 g/mol. The fraction of sp³-hybridized carbons (Fsp3) is 0.235. The molecule has 1 aromatic heterocycles. The molecule has 1 saturated heterocycles. The van der Waals surface area contributed by atoms with Crippen LogP contribution in [-0.4, -0.2) is 54.6 Å². The Morgan fingerprint density at radius 2 is 1.81 bits per heavy atom. The Kier molecular flexibility index (Phi) is 5.38. The third-order valence-corrected chi connectivity index (χ3v) is 6.11. The van der Waals surface area contributed by atoms with Crippen molar-refractivity contribution in [2.75, 3.05) is 26.2 Å². The highest BCUT2D eigenvalue weighted by atomic mass is 32.2. The summed E-state index contributed by atoms with van der Waals surface area (Å²) in [5, 5.41) is 11.1. The van der Waals surface area contributed by atoms with Crippen LogP contribution in [0.3, 0.4) is 0 Å². The standard InChI is InChI=1S/C17H17N3O6S/c21-17(8-7-14-4-3-13-26-14)18-9-11-19(12-10-18)27(24,25)16-6-2-1-5-15(16)20(22)23/h1-8,13H,9-12H2/b8-7+. The molecular weight excluding hydrogens is 374 g/mol. The largest absolute Gasteiger partial charge is 0.465 e. The molecule has 10 heteroatoms. The second kappa shape index (κ2) is 7.72. The van der Waals surface area contributed by atoms with Crippen LogP contribution in [0.4, 0.5) is 5.69 Å². The Labute approximate surface area is 155 Å². The molecule has 2 heterocycles. The van der Waals surface area contributed by atoms with Crippen LogP contribution in [0.15, 0.2) is 58.1 Å². The number of piperazine rings is 1. The van der Waals surface area contributed by atoms with Gasteiger partial charge in [0.25, 0.3) is 5.69 Å². The number of benzene rings is 1. The summed E-state index contributed by atoms with van der Waals surface area (Å²) in [7, 11) is -4.01. The lowest BCUT2D eigenvalue weighted by Gasteiger charge is -2.33.